The number of hydrogen-bond acceptors (Lipinski definition) is 16. The molecule has 0 aromatic heterocycles. The fourth-order valence-electron chi connectivity index (χ4n) is 13.7. The van der Waals surface area contributed by atoms with Crippen LogP contribution in [0.25, 0.3) is 43.1 Å². The Balaban J connectivity index is 1.09. The fourth-order valence-corrected chi connectivity index (χ4v) is 13.7. The summed E-state index contributed by atoms with van der Waals surface area (Å²) in [6.45, 7) is 20.3. The Labute approximate surface area is 646 Å². The zero-order valence-electron chi connectivity index (χ0n) is 62.5. The average Bonchev–Trinajstić information content (AvgIpc) is 0.672. The van der Waals surface area contributed by atoms with Gasteiger partial charge in [0.1, 0.15) is 72.3 Å². The van der Waals surface area contributed by atoms with E-state index in [1.807, 2.05) is 60.7 Å². The highest BCUT2D eigenvalue weighted by Crippen LogP contribution is 2.58. The quantitative estimate of drug-likeness (QED) is 0.0125. The van der Waals surface area contributed by atoms with Crippen molar-refractivity contribution in [2.75, 3.05) is 26.2 Å². The van der Waals surface area contributed by atoms with E-state index in [9.17, 15) is 28.8 Å². The van der Waals surface area contributed by atoms with Gasteiger partial charge in [-0.1, -0.05) is 136 Å². The first-order valence-corrected chi connectivity index (χ1v) is 36.8. The summed E-state index contributed by atoms with van der Waals surface area (Å²) in [4.78, 5) is 144. The Kier molecular flexibility index (Phi) is 22.9. The van der Waals surface area contributed by atoms with Gasteiger partial charge in [-0.3, -0.25) is 57.7 Å². The zero-order valence-corrected chi connectivity index (χ0v) is 62.5. The van der Waals surface area contributed by atoms with Crippen molar-refractivity contribution in [3.63, 3.8) is 0 Å². The molecule has 0 fully saturated rings. The summed E-state index contributed by atoms with van der Waals surface area (Å²) in [5, 5.41) is 6.94. The molecule has 2 aliphatic rings. The first kappa shape index (κ1) is 76.6. The molecular formula is C92H80N4O16. The van der Waals surface area contributed by atoms with Crippen LogP contribution in [0.4, 0.5) is 0 Å². The molecule has 0 spiro atoms. The molecule has 0 radical (unpaired) electrons. The molecule has 2 heterocycles. The molecule has 20 nitrogen and oxygen atoms in total. The molecule has 11 aromatic rings. The van der Waals surface area contributed by atoms with E-state index in [1.54, 1.807) is 125 Å². The summed E-state index contributed by atoms with van der Waals surface area (Å²) in [6.07, 6.45) is 3.50. The smallest absolute Gasteiger partial charge is 0.326 e. The Morgan fingerprint density at radius 1 is 0.330 bits per heavy atom. The van der Waals surface area contributed by atoms with Crippen molar-refractivity contribution in [1.29, 1.82) is 0 Å². The predicted octanol–water partition coefficient (Wildman–Crippen LogP) is 17.0. The summed E-state index contributed by atoms with van der Waals surface area (Å²) in [5.41, 5.74) is 5.90. The number of benzene rings is 11. The fraction of sp³-hybridized carbons (Fsp3) is 0.196. The molecule has 0 unspecified atom stereocenters. The third-order valence-corrected chi connectivity index (χ3v) is 19.6. The number of nitrogens with zero attached hydrogens (tertiary/aromatic N) is 2. The minimum atomic E-state index is -0.900. The van der Waals surface area contributed by atoms with E-state index >= 15 is 19.2 Å². The largest absolute Gasteiger partial charge is 0.459 e. The summed E-state index contributed by atoms with van der Waals surface area (Å²) in [7, 11) is 0. The summed E-state index contributed by atoms with van der Waals surface area (Å²) < 4.78 is 40.3. The number of carbonyl (C=O) groups excluding carboxylic acids is 10. The molecule has 6 amide bonds. The summed E-state index contributed by atoms with van der Waals surface area (Å²) in [6, 6.07) is 52.1. The van der Waals surface area contributed by atoms with Gasteiger partial charge in [0.2, 0.25) is 11.8 Å². The molecule has 0 aliphatic carbocycles. The van der Waals surface area contributed by atoms with Gasteiger partial charge in [0.15, 0.2) is 11.6 Å². The van der Waals surface area contributed by atoms with Gasteiger partial charge in [-0.05, 0) is 184 Å². The Morgan fingerprint density at radius 2 is 0.607 bits per heavy atom. The highest BCUT2D eigenvalue weighted by Gasteiger charge is 2.43. The van der Waals surface area contributed by atoms with Crippen LogP contribution in [-0.2, 0) is 77.1 Å². The van der Waals surface area contributed by atoms with Crippen LogP contribution in [0.5, 0.6) is 46.0 Å². The standard InChI is InChI=1S/C92H80N4O16/c1-53(2)71(97)23-15-21-57-25-33-63(34-26-57)109-73-45-67-79-68(90(104)95(89(67)103)49-77(99)107-51-61-17-11-9-12-18-61)46-74(110-64-35-27-58(28-36-64)22-16-24-72(98)54(3)4)82-84-76(112-66-39-31-60(32-40-66)42-44-94-88(102)56(7)8)48-70-80-69(91(105)96(92(70)106)50-78(100)108-52-62-19-13-10-14-20-62)47-75(83(86(80)84)81(73)85(79)82)111-65-37-29-59(30-38-65)41-43-93-87(101)55(5)6/h9-14,17-20,25-40,45-48H,1,3,5,7,15-16,21-24,41-44,49-52H2,2,4,6,8H3,(H,93,101)(H,94,102). The van der Waals surface area contributed by atoms with Crippen LogP contribution in [0.15, 0.2) is 231 Å². The van der Waals surface area contributed by atoms with Gasteiger partial charge in [0.25, 0.3) is 23.6 Å². The van der Waals surface area contributed by atoms with E-state index < -0.39 is 48.7 Å². The molecule has 112 heavy (non-hydrogen) atoms. The van der Waals surface area contributed by atoms with Gasteiger partial charge < -0.3 is 39.1 Å². The number of nitrogens with one attached hydrogen (secondary N) is 2. The molecule has 13 rings (SSSR count). The zero-order chi connectivity index (χ0) is 79.0. The lowest BCUT2D eigenvalue weighted by Crippen LogP contribution is -2.44. The number of ether oxygens (including phenoxy) is 6. The van der Waals surface area contributed by atoms with E-state index in [0.717, 1.165) is 32.1 Å². The maximum atomic E-state index is 15.9. The van der Waals surface area contributed by atoms with Crippen LogP contribution in [-0.4, -0.2) is 94.9 Å². The van der Waals surface area contributed by atoms with Gasteiger partial charge in [0.05, 0.1) is 22.3 Å². The molecule has 564 valence electrons. The first-order valence-electron chi connectivity index (χ1n) is 36.8. The van der Waals surface area contributed by atoms with Crippen molar-refractivity contribution in [3.8, 4) is 46.0 Å². The number of amides is 6. The van der Waals surface area contributed by atoms with Crippen molar-refractivity contribution in [3.05, 3.63) is 286 Å². The first-order chi connectivity index (χ1) is 54.0. The number of hydrogen-bond donors (Lipinski definition) is 2. The number of aryl methyl sites for hydroxylation is 2. The van der Waals surface area contributed by atoms with E-state index in [1.165, 1.54) is 24.3 Å². The van der Waals surface area contributed by atoms with E-state index in [0.29, 0.717) is 71.9 Å². The van der Waals surface area contributed by atoms with Crippen molar-refractivity contribution in [2.45, 2.75) is 92.3 Å². The highest BCUT2D eigenvalue weighted by atomic mass is 16.5. The van der Waals surface area contributed by atoms with Crippen LogP contribution in [0.2, 0.25) is 0 Å². The number of rotatable bonds is 34. The number of fused-ring (bicyclic) bond motifs is 2. The van der Waals surface area contributed by atoms with E-state index in [2.05, 4.69) is 36.9 Å². The maximum Gasteiger partial charge on any atom is 0.326 e. The van der Waals surface area contributed by atoms with Crippen molar-refractivity contribution in [1.82, 2.24) is 20.4 Å². The van der Waals surface area contributed by atoms with Crippen molar-refractivity contribution < 1.29 is 76.4 Å². The van der Waals surface area contributed by atoms with Gasteiger partial charge in [-0.25, -0.2) is 0 Å². The van der Waals surface area contributed by atoms with Crippen LogP contribution in [0.1, 0.15) is 128 Å². The number of Topliss-reactive ketones (excluding diaryl/α,β-unsaturated/α-hetero) is 2. The SMILES string of the molecule is C=C(C)C(=O)CCCc1ccc(Oc2cc3c4c(cc(Oc5ccc(CCCC(=O)C(=C)C)cc5)c5c6c(Oc7ccc(CCNC(=O)C(=C)C)cc7)cc7c8c(cc(Oc9ccc(CCNC(=O)C(=C)C)cc9)c(c2c45)c86)C(=O)N(CC(=O)OCc2ccccc2)C7=O)C(=O)N(CC(=O)OCc2ccccc2)C3=O)cc1. The third kappa shape index (κ3) is 16.8. The lowest BCUT2D eigenvalue weighted by atomic mass is 9.80. The Bertz CT molecular complexity index is 5040. The van der Waals surface area contributed by atoms with Gasteiger partial charge >= 0.3 is 11.9 Å². The van der Waals surface area contributed by atoms with Crippen LogP contribution < -0.4 is 29.6 Å². The molecule has 0 atom stereocenters. The summed E-state index contributed by atoms with van der Waals surface area (Å²) >= 11 is 0. The van der Waals surface area contributed by atoms with Crippen molar-refractivity contribution in [2.24, 2.45) is 0 Å². The summed E-state index contributed by atoms with van der Waals surface area (Å²) in [5.74, 6) is -5.22. The topological polar surface area (TPSA) is 257 Å². The number of imide groups is 2. The highest BCUT2D eigenvalue weighted by molar-refractivity contribution is 6.45. The molecule has 2 N–H and O–H groups in total. The molecule has 20 heteroatoms. The monoisotopic (exact) mass is 1500 g/mol. The molecule has 0 bridgehead atoms. The maximum absolute atomic E-state index is 15.9. The second-order valence-corrected chi connectivity index (χ2v) is 28.0. The lowest BCUT2D eigenvalue weighted by Gasteiger charge is -2.32. The number of allylic oxidation sites excluding steroid dienone is 2. The molecule has 0 saturated carbocycles. The predicted molar refractivity (Wildman–Crippen MR) is 425 cm³/mol. The molecular weight excluding hydrogens is 1420 g/mol. The molecule has 11 aromatic carbocycles. The van der Waals surface area contributed by atoms with Crippen LogP contribution in [0.3, 0.4) is 0 Å². The van der Waals surface area contributed by atoms with Gasteiger partial charge in [-0.2, -0.15) is 0 Å². The van der Waals surface area contributed by atoms with E-state index in [-0.39, 0.29) is 174 Å². The van der Waals surface area contributed by atoms with Crippen LogP contribution in [0, 0.1) is 0 Å². The third-order valence-electron chi connectivity index (χ3n) is 19.6. The molecule has 2 aliphatic heterocycles. The normalized spacial score (nSPS) is 12.3. The van der Waals surface area contributed by atoms with Crippen molar-refractivity contribution >= 4 is 102 Å². The Hall–Kier alpha value is -13.6. The number of ketones is 2. The van der Waals surface area contributed by atoms with Gasteiger partial charge in [-0.15, -0.1) is 0 Å². The lowest BCUT2D eigenvalue weighted by molar-refractivity contribution is -0.146. The second-order valence-electron chi connectivity index (χ2n) is 28.0. The minimum absolute atomic E-state index is 0.0208. The average molecular weight is 1500 g/mol. The number of esters is 2. The second kappa shape index (κ2) is 33.5. The number of carbonyl (C=O) groups is 10. The van der Waals surface area contributed by atoms with Gasteiger partial charge in [0, 0.05) is 80.2 Å². The molecule has 0 saturated heterocycles. The van der Waals surface area contributed by atoms with E-state index in [4.69, 9.17) is 28.4 Å². The Morgan fingerprint density at radius 3 is 0.875 bits per heavy atom. The van der Waals surface area contributed by atoms with Crippen LogP contribution >= 0.6 is 0 Å². The minimum Gasteiger partial charge on any atom is -0.459 e.